The van der Waals surface area contributed by atoms with Crippen LogP contribution in [-0.4, -0.2) is 50.0 Å². The number of hydrazone groups is 1. The Balaban J connectivity index is 1.39. The van der Waals surface area contributed by atoms with E-state index in [2.05, 4.69) is 27.2 Å². The first-order valence-corrected chi connectivity index (χ1v) is 14.8. The highest BCUT2D eigenvalue weighted by molar-refractivity contribution is 6.11. The molecule has 1 unspecified atom stereocenters. The van der Waals surface area contributed by atoms with Crippen molar-refractivity contribution in [2.75, 3.05) is 10.2 Å². The van der Waals surface area contributed by atoms with E-state index < -0.39 is 23.4 Å². The number of nitrogens with zero attached hydrogens (tertiary/aromatic N) is 5. The Kier molecular flexibility index (Phi) is 8.82. The molecule has 11 nitrogen and oxygen atoms in total. The van der Waals surface area contributed by atoms with Gasteiger partial charge in [0, 0.05) is 30.1 Å². The van der Waals surface area contributed by atoms with E-state index in [1.165, 1.54) is 5.01 Å². The number of imidazole rings is 1. The molecule has 0 saturated carbocycles. The third-order valence-electron chi connectivity index (χ3n) is 6.58. The number of fused-ring (bicyclic) bond motifs is 1. The summed E-state index contributed by atoms with van der Waals surface area (Å²) in [7, 11) is 0. The number of imide groups is 1. The van der Waals surface area contributed by atoms with E-state index >= 15 is 0 Å². The minimum absolute atomic E-state index is 0.175. The van der Waals surface area contributed by atoms with Gasteiger partial charge < -0.3 is 14.8 Å². The average molecular weight is 621 g/mol. The predicted molar refractivity (Wildman–Crippen MR) is 176 cm³/mol. The fourth-order valence-electron chi connectivity index (χ4n) is 4.70. The van der Waals surface area contributed by atoms with Gasteiger partial charge in [0.25, 0.3) is 0 Å². The summed E-state index contributed by atoms with van der Waals surface area (Å²) in [6, 6.07) is 19.7. The number of ether oxygens (including phenoxy) is 2. The van der Waals surface area contributed by atoms with Gasteiger partial charge in [-0.25, -0.2) is 24.4 Å². The standard InChI is InChI=1S/C35H36N6O5/c1-34(2,3)45-32(43)40(33(44)46-35(4,5)6)29-16-11-21-39-27(23-36-30(29)39)18-17-24-12-10-15-26(22-24)38-31(42)41-28(19-20-37-41)25-13-8-7-9-14-25/h7-16,20-23,28H,19H2,1-6H3,(H,38,42). The molecule has 1 aliphatic heterocycles. The Bertz CT molecular complexity index is 1830. The Morgan fingerprint density at radius 3 is 2.26 bits per heavy atom. The van der Waals surface area contributed by atoms with Crippen LogP contribution in [0.4, 0.5) is 25.8 Å². The molecule has 2 aromatic heterocycles. The van der Waals surface area contributed by atoms with Crippen LogP contribution >= 0.6 is 0 Å². The maximum absolute atomic E-state index is 13.2. The molecule has 0 saturated heterocycles. The first-order chi connectivity index (χ1) is 21.8. The second-order valence-corrected chi connectivity index (χ2v) is 12.6. The molecule has 46 heavy (non-hydrogen) atoms. The van der Waals surface area contributed by atoms with Gasteiger partial charge in [0.2, 0.25) is 0 Å². The van der Waals surface area contributed by atoms with Crippen LogP contribution in [0.15, 0.2) is 84.2 Å². The number of anilines is 2. The van der Waals surface area contributed by atoms with Crippen molar-refractivity contribution in [1.29, 1.82) is 0 Å². The molecule has 0 fully saturated rings. The van der Waals surface area contributed by atoms with Crippen LogP contribution in [0.1, 0.15) is 70.8 Å². The van der Waals surface area contributed by atoms with Gasteiger partial charge in [-0.05, 0) is 83.4 Å². The minimum Gasteiger partial charge on any atom is -0.443 e. The second kappa shape index (κ2) is 12.8. The summed E-state index contributed by atoms with van der Waals surface area (Å²) in [5.41, 5.74) is 1.52. The number of pyridine rings is 1. The van der Waals surface area contributed by atoms with E-state index in [9.17, 15) is 14.4 Å². The third kappa shape index (κ3) is 7.53. The number of amides is 4. The van der Waals surface area contributed by atoms with Gasteiger partial charge in [-0.3, -0.25) is 4.40 Å². The number of nitrogens with one attached hydrogen (secondary N) is 1. The minimum atomic E-state index is -0.890. The van der Waals surface area contributed by atoms with Crippen LogP contribution in [0.5, 0.6) is 0 Å². The van der Waals surface area contributed by atoms with Gasteiger partial charge in [0.05, 0.1) is 12.2 Å². The lowest BCUT2D eigenvalue weighted by atomic mass is 10.1. The largest absolute Gasteiger partial charge is 0.443 e. The third-order valence-corrected chi connectivity index (χ3v) is 6.58. The summed E-state index contributed by atoms with van der Waals surface area (Å²) >= 11 is 0. The number of carbonyl (C=O) groups excluding carboxylic acids is 3. The molecule has 1 atom stereocenters. The quantitative estimate of drug-likeness (QED) is 0.239. The normalized spacial score (nSPS) is 14.4. The number of carbonyl (C=O) groups is 3. The predicted octanol–water partition coefficient (Wildman–Crippen LogP) is 7.38. The fourth-order valence-corrected chi connectivity index (χ4v) is 4.70. The second-order valence-electron chi connectivity index (χ2n) is 12.6. The molecule has 0 bridgehead atoms. The topological polar surface area (TPSA) is 118 Å². The summed E-state index contributed by atoms with van der Waals surface area (Å²) in [5.74, 6) is 6.21. The molecule has 1 N–H and O–H groups in total. The lowest BCUT2D eigenvalue weighted by molar-refractivity contribution is 0.0431. The highest BCUT2D eigenvalue weighted by Gasteiger charge is 2.34. The lowest BCUT2D eigenvalue weighted by Crippen LogP contribution is -2.44. The average Bonchev–Trinajstić information content (AvgIpc) is 3.63. The highest BCUT2D eigenvalue weighted by atomic mass is 16.6. The van der Waals surface area contributed by atoms with Gasteiger partial charge in [-0.15, -0.1) is 0 Å². The van der Waals surface area contributed by atoms with E-state index in [4.69, 9.17) is 9.47 Å². The number of urea groups is 1. The molecule has 236 valence electrons. The zero-order valence-corrected chi connectivity index (χ0v) is 26.6. The zero-order chi connectivity index (χ0) is 33.1. The summed E-state index contributed by atoms with van der Waals surface area (Å²) < 4.78 is 12.7. The smallest absolute Gasteiger partial charge is 0.424 e. The molecule has 2 aromatic carbocycles. The number of aromatic nitrogens is 2. The van der Waals surface area contributed by atoms with Crippen LogP contribution in [0.3, 0.4) is 0 Å². The summed E-state index contributed by atoms with van der Waals surface area (Å²) in [4.78, 5) is 44.9. The van der Waals surface area contributed by atoms with Gasteiger partial charge >= 0.3 is 18.2 Å². The Morgan fingerprint density at radius 1 is 0.891 bits per heavy atom. The summed E-state index contributed by atoms with van der Waals surface area (Å²) in [6.45, 7) is 10.3. The molecule has 5 rings (SSSR count). The monoisotopic (exact) mass is 620 g/mol. The molecule has 3 heterocycles. The molecular weight excluding hydrogens is 584 g/mol. The van der Waals surface area contributed by atoms with Gasteiger partial charge in [0.1, 0.15) is 22.6 Å². The number of hydrogen-bond donors (Lipinski definition) is 1. The molecule has 0 radical (unpaired) electrons. The zero-order valence-electron chi connectivity index (χ0n) is 26.6. The van der Waals surface area contributed by atoms with E-state index in [0.29, 0.717) is 29.0 Å². The van der Waals surface area contributed by atoms with Crippen molar-refractivity contribution in [3.8, 4) is 11.8 Å². The van der Waals surface area contributed by atoms with Gasteiger partial charge in [-0.2, -0.15) is 10.0 Å². The summed E-state index contributed by atoms with van der Waals surface area (Å²) in [5, 5.41) is 8.64. The molecule has 11 heteroatoms. The molecule has 4 aromatic rings. The van der Waals surface area contributed by atoms with Crippen molar-refractivity contribution >= 4 is 41.5 Å². The highest BCUT2D eigenvalue weighted by Crippen LogP contribution is 2.29. The molecule has 0 spiro atoms. The van der Waals surface area contributed by atoms with E-state index in [-0.39, 0.29) is 17.8 Å². The molecule has 0 aliphatic carbocycles. The fraction of sp³-hybridized carbons (Fsp3) is 0.286. The number of rotatable bonds is 3. The first-order valence-electron chi connectivity index (χ1n) is 14.8. The van der Waals surface area contributed by atoms with Gasteiger partial charge in [0.15, 0.2) is 5.65 Å². The van der Waals surface area contributed by atoms with Crippen molar-refractivity contribution in [3.05, 3.63) is 95.9 Å². The number of hydrogen-bond acceptors (Lipinski definition) is 7. The van der Waals surface area contributed by atoms with Crippen LogP contribution in [0.25, 0.3) is 5.65 Å². The van der Waals surface area contributed by atoms with E-state index in [1.807, 2.05) is 36.4 Å². The van der Waals surface area contributed by atoms with Crippen LogP contribution in [-0.2, 0) is 9.47 Å². The van der Waals surface area contributed by atoms with E-state index in [1.54, 1.807) is 94.9 Å². The molecule has 1 aliphatic rings. The van der Waals surface area contributed by atoms with E-state index in [0.717, 1.165) is 10.5 Å². The molecule has 4 amide bonds. The van der Waals surface area contributed by atoms with Crippen molar-refractivity contribution in [2.45, 2.75) is 65.2 Å². The maximum atomic E-state index is 13.2. The van der Waals surface area contributed by atoms with Crippen LogP contribution in [0, 0.1) is 11.8 Å². The van der Waals surface area contributed by atoms with Crippen molar-refractivity contribution < 1.29 is 23.9 Å². The van der Waals surface area contributed by atoms with Gasteiger partial charge in [-0.1, -0.05) is 42.3 Å². The van der Waals surface area contributed by atoms with Crippen LogP contribution in [0.2, 0.25) is 0 Å². The number of benzene rings is 2. The first kappa shape index (κ1) is 31.8. The lowest BCUT2D eigenvalue weighted by Gasteiger charge is -2.28. The Hall–Kier alpha value is -5.63. The van der Waals surface area contributed by atoms with Crippen LogP contribution < -0.4 is 10.2 Å². The summed E-state index contributed by atoms with van der Waals surface area (Å²) in [6.07, 6.45) is 3.87. The van der Waals surface area contributed by atoms with Crippen molar-refractivity contribution in [3.63, 3.8) is 0 Å². The molecular formula is C35H36N6O5. The van der Waals surface area contributed by atoms with Crippen molar-refractivity contribution in [2.24, 2.45) is 5.10 Å². The Morgan fingerprint density at radius 2 is 1.59 bits per heavy atom. The SMILES string of the molecule is CC(C)(C)OC(=O)N(C(=O)OC(C)(C)C)c1cccn2c(C#Cc3cccc(NC(=O)N4N=CCC4c4ccccc4)c3)cnc12. The van der Waals surface area contributed by atoms with Crippen molar-refractivity contribution in [1.82, 2.24) is 14.4 Å². The Labute approximate surface area is 267 Å². The maximum Gasteiger partial charge on any atom is 0.424 e.